The first kappa shape index (κ1) is 15.0. The van der Waals surface area contributed by atoms with Gasteiger partial charge in [0.1, 0.15) is 17.9 Å². The van der Waals surface area contributed by atoms with Crippen molar-refractivity contribution in [2.75, 3.05) is 11.9 Å². The lowest BCUT2D eigenvalue weighted by Crippen LogP contribution is -2.20. The normalized spacial score (nSPS) is 10.0. The van der Waals surface area contributed by atoms with Gasteiger partial charge in [-0.2, -0.15) is 0 Å². The van der Waals surface area contributed by atoms with E-state index in [2.05, 4.69) is 5.32 Å². The molecule has 0 aromatic heterocycles. The van der Waals surface area contributed by atoms with Crippen LogP contribution in [0, 0.1) is 5.82 Å². The molecule has 0 unspecified atom stereocenters. The summed E-state index contributed by atoms with van der Waals surface area (Å²) in [6, 6.07) is 10.1. The van der Waals surface area contributed by atoms with Crippen LogP contribution in [-0.2, 0) is 4.79 Å². The van der Waals surface area contributed by atoms with Gasteiger partial charge in [0.15, 0.2) is 6.61 Å². The second-order valence-electron chi connectivity index (χ2n) is 4.18. The topological polar surface area (TPSA) is 55.4 Å². The number of hydrogen-bond donors (Lipinski definition) is 1. The summed E-state index contributed by atoms with van der Waals surface area (Å²) in [6.07, 6.45) is 0.504. The number of halogens is 2. The zero-order chi connectivity index (χ0) is 15.2. The van der Waals surface area contributed by atoms with E-state index >= 15 is 0 Å². The van der Waals surface area contributed by atoms with Gasteiger partial charge < -0.3 is 10.1 Å². The first-order valence-corrected chi connectivity index (χ1v) is 6.38. The molecule has 1 amide bonds. The molecule has 0 saturated heterocycles. The number of anilines is 1. The van der Waals surface area contributed by atoms with E-state index < -0.39 is 11.7 Å². The van der Waals surface area contributed by atoms with E-state index in [0.717, 1.165) is 12.1 Å². The van der Waals surface area contributed by atoms with E-state index in [9.17, 15) is 14.0 Å². The molecule has 0 saturated carbocycles. The second kappa shape index (κ2) is 6.85. The lowest BCUT2D eigenvalue weighted by atomic mass is 10.2. The number of rotatable bonds is 5. The molecule has 0 aliphatic carbocycles. The summed E-state index contributed by atoms with van der Waals surface area (Å²) in [5.41, 5.74) is 0.712. The number of carbonyl (C=O) groups is 2. The molecule has 0 radical (unpaired) electrons. The van der Waals surface area contributed by atoms with Gasteiger partial charge in [-0.05, 0) is 36.4 Å². The summed E-state index contributed by atoms with van der Waals surface area (Å²) in [5.74, 6) is -0.898. The maximum absolute atomic E-state index is 13.2. The van der Waals surface area contributed by atoms with Crippen LogP contribution in [0.25, 0.3) is 0 Å². The Morgan fingerprint density at radius 1 is 1.24 bits per heavy atom. The standard InChI is InChI=1S/C15H11ClFNO3/c16-11-1-3-13(4-2-11)18-15(20)9-21-14-6-10(8-19)5-12(17)7-14/h1-8H,9H2,(H,18,20). The molecule has 0 spiro atoms. The fourth-order valence-electron chi connectivity index (χ4n) is 1.61. The summed E-state index contributed by atoms with van der Waals surface area (Å²) in [7, 11) is 0. The van der Waals surface area contributed by atoms with Crippen LogP contribution < -0.4 is 10.1 Å². The molecule has 108 valence electrons. The van der Waals surface area contributed by atoms with Gasteiger partial charge in [-0.25, -0.2) is 4.39 Å². The number of ether oxygens (including phenoxy) is 1. The molecule has 0 atom stereocenters. The molecule has 0 fully saturated rings. The Labute approximate surface area is 125 Å². The summed E-state index contributed by atoms with van der Waals surface area (Å²) < 4.78 is 18.3. The van der Waals surface area contributed by atoms with Gasteiger partial charge in [-0.1, -0.05) is 11.6 Å². The first-order valence-electron chi connectivity index (χ1n) is 6.01. The summed E-state index contributed by atoms with van der Waals surface area (Å²) >= 11 is 5.73. The number of aldehydes is 1. The van der Waals surface area contributed by atoms with Crippen LogP contribution in [0.4, 0.5) is 10.1 Å². The van der Waals surface area contributed by atoms with Gasteiger partial charge in [0, 0.05) is 22.3 Å². The zero-order valence-corrected chi connectivity index (χ0v) is 11.6. The highest BCUT2D eigenvalue weighted by Gasteiger charge is 2.06. The van der Waals surface area contributed by atoms with Crippen LogP contribution in [0.3, 0.4) is 0 Å². The van der Waals surface area contributed by atoms with E-state index in [1.807, 2.05) is 0 Å². The number of carbonyl (C=O) groups excluding carboxylic acids is 2. The Morgan fingerprint density at radius 3 is 2.62 bits per heavy atom. The first-order chi connectivity index (χ1) is 10.1. The SMILES string of the molecule is O=Cc1cc(F)cc(OCC(=O)Nc2ccc(Cl)cc2)c1. The molecule has 0 bridgehead atoms. The Balaban J connectivity index is 1.93. The van der Waals surface area contributed by atoms with Crippen LogP contribution in [0.2, 0.25) is 5.02 Å². The average molecular weight is 308 g/mol. The Kier molecular flexibility index (Phi) is 4.90. The van der Waals surface area contributed by atoms with Crippen molar-refractivity contribution >= 4 is 29.5 Å². The quantitative estimate of drug-likeness (QED) is 0.862. The van der Waals surface area contributed by atoms with Crippen molar-refractivity contribution in [2.24, 2.45) is 0 Å². The molecule has 2 aromatic rings. The molecule has 4 nitrogen and oxygen atoms in total. The average Bonchev–Trinajstić information content (AvgIpc) is 2.47. The minimum Gasteiger partial charge on any atom is -0.484 e. The molecular weight excluding hydrogens is 297 g/mol. The van der Waals surface area contributed by atoms with E-state index in [1.165, 1.54) is 6.07 Å². The van der Waals surface area contributed by atoms with E-state index in [4.69, 9.17) is 16.3 Å². The number of amides is 1. The van der Waals surface area contributed by atoms with E-state index in [-0.39, 0.29) is 17.9 Å². The lowest BCUT2D eigenvalue weighted by Gasteiger charge is -2.08. The maximum Gasteiger partial charge on any atom is 0.262 e. The second-order valence-corrected chi connectivity index (χ2v) is 4.62. The predicted molar refractivity (Wildman–Crippen MR) is 77.4 cm³/mol. The molecule has 2 rings (SSSR count). The molecule has 0 aliphatic heterocycles. The summed E-state index contributed by atoms with van der Waals surface area (Å²) in [6.45, 7) is -0.301. The van der Waals surface area contributed by atoms with Crippen molar-refractivity contribution in [3.05, 3.63) is 58.9 Å². The molecule has 6 heteroatoms. The molecule has 21 heavy (non-hydrogen) atoms. The van der Waals surface area contributed by atoms with Crippen molar-refractivity contribution in [1.82, 2.24) is 0 Å². The minimum atomic E-state index is -0.604. The highest BCUT2D eigenvalue weighted by molar-refractivity contribution is 6.30. The highest BCUT2D eigenvalue weighted by Crippen LogP contribution is 2.16. The van der Waals surface area contributed by atoms with E-state index in [1.54, 1.807) is 24.3 Å². The Morgan fingerprint density at radius 2 is 1.95 bits per heavy atom. The van der Waals surface area contributed by atoms with Crippen molar-refractivity contribution in [2.45, 2.75) is 0 Å². The maximum atomic E-state index is 13.2. The van der Waals surface area contributed by atoms with Gasteiger partial charge in [-0.15, -0.1) is 0 Å². The minimum absolute atomic E-state index is 0.114. The Hall–Kier alpha value is -2.40. The highest BCUT2D eigenvalue weighted by atomic mass is 35.5. The van der Waals surface area contributed by atoms with Crippen LogP contribution in [0.15, 0.2) is 42.5 Å². The number of benzene rings is 2. The molecule has 0 heterocycles. The predicted octanol–water partition coefficient (Wildman–Crippen LogP) is 3.31. The van der Waals surface area contributed by atoms with Crippen LogP contribution >= 0.6 is 11.6 Å². The van der Waals surface area contributed by atoms with Crippen molar-refractivity contribution in [1.29, 1.82) is 0 Å². The third kappa shape index (κ3) is 4.57. The summed E-state index contributed by atoms with van der Waals surface area (Å²) in [4.78, 5) is 22.3. The van der Waals surface area contributed by atoms with Crippen LogP contribution in [-0.4, -0.2) is 18.8 Å². The Bertz CT molecular complexity index is 658. The van der Waals surface area contributed by atoms with Crippen LogP contribution in [0.1, 0.15) is 10.4 Å². The monoisotopic (exact) mass is 307 g/mol. The molecule has 2 aromatic carbocycles. The fourth-order valence-corrected chi connectivity index (χ4v) is 1.74. The van der Waals surface area contributed by atoms with Crippen molar-refractivity contribution < 1.29 is 18.7 Å². The summed E-state index contributed by atoms with van der Waals surface area (Å²) in [5, 5.41) is 3.16. The van der Waals surface area contributed by atoms with Gasteiger partial charge in [0.2, 0.25) is 0 Å². The number of hydrogen-bond acceptors (Lipinski definition) is 3. The van der Waals surface area contributed by atoms with Crippen molar-refractivity contribution in [3.8, 4) is 5.75 Å². The van der Waals surface area contributed by atoms with Gasteiger partial charge >= 0.3 is 0 Å². The van der Waals surface area contributed by atoms with E-state index in [0.29, 0.717) is 17.0 Å². The molecule has 1 N–H and O–H groups in total. The molecular formula is C15H11ClFNO3. The fraction of sp³-hybridized carbons (Fsp3) is 0.0667. The van der Waals surface area contributed by atoms with Gasteiger partial charge in [0.05, 0.1) is 0 Å². The third-order valence-electron chi connectivity index (χ3n) is 2.53. The smallest absolute Gasteiger partial charge is 0.262 e. The molecule has 0 aliphatic rings. The largest absolute Gasteiger partial charge is 0.484 e. The lowest BCUT2D eigenvalue weighted by molar-refractivity contribution is -0.118. The van der Waals surface area contributed by atoms with Crippen molar-refractivity contribution in [3.63, 3.8) is 0 Å². The van der Waals surface area contributed by atoms with Gasteiger partial charge in [-0.3, -0.25) is 9.59 Å². The van der Waals surface area contributed by atoms with Gasteiger partial charge in [0.25, 0.3) is 5.91 Å². The zero-order valence-electron chi connectivity index (χ0n) is 10.8. The van der Waals surface area contributed by atoms with Crippen LogP contribution in [0.5, 0.6) is 5.75 Å². The third-order valence-corrected chi connectivity index (χ3v) is 2.78. The number of nitrogens with one attached hydrogen (secondary N) is 1.